The molecule has 0 radical (unpaired) electrons. The zero-order chi connectivity index (χ0) is 21.8. The smallest absolute Gasteiger partial charge is 0.255 e. The van der Waals surface area contributed by atoms with Gasteiger partial charge in [0.15, 0.2) is 5.82 Å². The van der Waals surface area contributed by atoms with E-state index in [-0.39, 0.29) is 17.3 Å². The Morgan fingerprint density at radius 3 is 2.58 bits per heavy atom. The van der Waals surface area contributed by atoms with Gasteiger partial charge in [0, 0.05) is 28.2 Å². The van der Waals surface area contributed by atoms with Crippen molar-refractivity contribution in [3.8, 4) is 11.4 Å². The summed E-state index contributed by atoms with van der Waals surface area (Å²) in [6, 6.07) is 16.7. The van der Waals surface area contributed by atoms with Crippen LogP contribution in [0.4, 0.5) is 5.69 Å². The number of hydrogen-bond donors (Lipinski definition) is 3. The first-order valence-corrected chi connectivity index (χ1v) is 11.7. The molecule has 31 heavy (non-hydrogen) atoms. The topological polar surface area (TPSA) is 117 Å². The molecule has 3 N–H and O–H groups in total. The second kappa shape index (κ2) is 8.80. The number of rotatable bonds is 7. The van der Waals surface area contributed by atoms with Crippen molar-refractivity contribution in [2.75, 3.05) is 5.32 Å². The molecule has 0 saturated heterocycles. The van der Waals surface area contributed by atoms with Gasteiger partial charge in [-0.3, -0.25) is 9.89 Å². The van der Waals surface area contributed by atoms with Gasteiger partial charge >= 0.3 is 0 Å². The summed E-state index contributed by atoms with van der Waals surface area (Å²) in [6.07, 6.45) is 0. The van der Waals surface area contributed by atoms with E-state index in [4.69, 9.17) is 0 Å². The summed E-state index contributed by atoms with van der Waals surface area (Å²) in [4.78, 5) is 17.9. The summed E-state index contributed by atoms with van der Waals surface area (Å²) in [5.74, 6) is 0.890. The van der Waals surface area contributed by atoms with E-state index in [9.17, 15) is 13.2 Å². The van der Waals surface area contributed by atoms with Crippen molar-refractivity contribution in [1.82, 2.24) is 19.9 Å². The molecule has 0 bridgehead atoms. The number of amides is 1. The Labute approximate surface area is 183 Å². The second-order valence-electron chi connectivity index (χ2n) is 6.71. The van der Waals surface area contributed by atoms with Gasteiger partial charge in [0.05, 0.1) is 4.90 Å². The number of thiophene rings is 1. The summed E-state index contributed by atoms with van der Waals surface area (Å²) in [7, 11) is -3.66. The summed E-state index contributed by atoms with van der Waals surface area (Å²) in [5, 5.41) is 11.6. The minimum atomic E-state index is -3.66. The standard InChI is InChI=1S/C21H19N5O3S2/c1-14-23-20(26-25-14)16-4-2-5-17(12-16)24-21(27)15-7-9-19(10-8-15)31(28,29)22-13-18-6-3-11-30-18/h2-12,22H,13H2,1H3,(H,24,27)(H,23,25,26). The van der Waals surface area contributed by atoms with E-state index in [1.165, 1.54) is 35.6 Å². The van der Waals surface area contributed by atoms with Crippen molar-refractivity contribution in [1.29, 1.82) is 0 Å². The van der Waals surface area contributed by atoms with Crippen LogP contribution >= 0.6 is 11.3 Å². The van der Waals surface area contributed by atoms with Crippen molar-refractivity contribution in [2.45, 2.75) is 18.4 Å². The van der Waals surface area contributed by atoms with Crippen molar-refractivity contribution >= 4 is 33.0 Å². The van der Waals surface area contributed by atoms with E-state index in [0.717, 1.165) is 10.4 Å². The number of anilines is 1. The molecular weight excluding hydrogens is 434 g/mol. The third-order valence-electron chi connectivity index (χ3n) is 4.42. The minimum absolute atomic E-state index is 0.0996. The van der Waals surface area contributed by atoms with Gasteiger partial charge in [0.25, 0.3) is 5.91 Å². The van der Waals surface area contributed by atoms with Crippen LogP contribution in [0.5, 0.6) is 0 Å². The summed E-state index contributed by atoms with van der Waals surface area (Å²) in [6.45, 7) is 2.03. The Bertz CT molecular complexity index is 1300. The number of carbonyl (C=O) groups excluding carboxylic acids is 1. The van der Waals surface area contributed by atoms with Gasteiger partial charge in [-0.05, 0) is 54.8 Å². The Morgan fingerprint density at radius 2 is 1.90 bits per heavy atom. The third-order valence-corrected chi connectivity index (χ3v) is 6.71. The maximum Gasteiger partial charge on any atom is 0.255 e. The maximum atomic E-state index is 12.6. The van der Waals surface area contributed by atoms with Gasteiger partial charge in [-0.2, -0.15) is 5.10 Å². The fraction of sp³-hybridized carbons (Fsp3) is 0.0952. The summed E-state index contributed by atoms with van der Waals surface area (Å²) in [5.41, 5.74) is 1.69. The Balaban J connectivity index is 1.44. The molecule has 0 aliphatic rings. The van der Waals surface area contributed by atoms with Gasteiger partial charge in [0.2, 0.25) is 10.0 Å². The molecule has 1 amide bonds. The molecule has 4 aromatic rings. The predicted molar refractivity (Wildman–Crippen MR) is 119 cm³/mol. The molecule has 2 aromatic heterocycles. The van der Waals surface area contributed by atoms with Crippen molar-refractivity contribution in [3.63, 3.8) is 0 Å². The average Bonchev–Trinajstić information content (AvgIpc) is 3.44. The number of hydrogen-bond acceptors (Lipinski definition) is 6. The van der Waals surface area contributed by atoms with Crippen LogP contribution in [-0.4, -0.2) is 29.5 Å². The van der Waals surface area contributed by atoms with Crippen LogP contribution in [0.1, 0.15) is 21.1 Å². The molecule has 0 fully saturated rings. The predicted octanol–water partition coefficient (Wildman–Crippen LogP) is 3.57. The first-order chi connectivity index (χ1) is 14.9. The Morgan fingerprint density at radius 1 is 1.10 bits per heavy atom. The van der Waals surface area contributed by atoms with E-state index in [0.29, 0.717) is 22.9 Å². The van der Waals surface area contributed by atoms with Gasteiger partial charge in [0.1, 0.15) is 5.82 Å². The van der Waals surface area contributed by atoms with Crippen LogP contribution in [0.2, 0.25) is 0 Å². The highest BCUT2D eigenvalue weighted by Crippen LogP contribution is 2.20. The molecule has 10 heteroatoms. The maximum absolute atomic E-state index is 12.6. The highest BCUT2D eigenvalue weighted by molar-refractivity contribution is 7.89. The monoisotopic (exact) mass is 453 g/mol. The molecule has 2 aromatic carbocycles. The number of benzene rings is 2. The van der Waals surface area contributed by atoms with Crippen LogP contribution in [0.15, 0.2) is 70.9 Å². The number of nitrogens with one attached hydrogen (secondary N) is 3. The van der Waals surface area contributed by atoms with E-state index >= 15 is 0 Å². The lowest BCUT2D eigenvalue weighted by molar-refractivity contribution is 0.102. The van der Waals surface area contributed by atoms with Crippen LogP contribution in [-0.2, 0) is 16.6 Å². The molecule has 0 aliphatic heterocycles. The van der Waals surface area contributed by atoms with Gasteiger partial charge in [-0.1, -0.05) is 18.2 Å². The fourth-order valence-corrected chi connectivity index (χ4v) is 4.60. The molecule has 0 spiro atoms. The lowest BCUT2D eigenvalue weighted by Gasteiger charge is -2.08. The van der Waals surface area contributed by atoms with E-state index in [1.54, 1.807) is 18.2 Å². The number of H-pyrrole nitrogens is 1. The number of carbonyl (C=O) groups is 1. The van der Waals surface area contributed by atoms with Gasteiger partial charge in [-0.25, -0.2) is 18.1 Å². The number of aromatic amines is 1. The largest absolute Gasteiger partial charge is 0.322 e. The van der Waals surface area contributed by atoms with Crippen LogP contribution in [0.3, 0.4) is 0 Å². The summed E-state index contributed by atoms with van der Waals surface area (Å²) < 4.78 is 27.5. The number of nitrogens with zero attached hydrogens (tertiary/aromatic N) is 2. The zero-order valence-corrected chi connectivity index (χ0v) is 18.1. The molecule has 0 atom stereocenters. The van der Waals surface area contributed by atoms with Crippen molar-refractivity contribution < 1.29 is 13.2 Å². The quantitative estimate of drug-likeness (QED) is 0.395. The molecule has 2 heterocycles. The Kier molecular flexibility index (Phi) is 5.94. The van der Waals surface area contributed by atoms with Gasteiger partial charge < -0.3 is 5.32 Å². The van der Waals surface area contributed by atoms with E-state index in [2.05, 4.69) is 25.2 Å². The molecule has 0 saturated carbocycles. The first kappa shape index (κ1) is 20.9. The number of sulfonamides is 1. The van der Waals surface area contributed by atoms with Crippen molar-refractivity contribution in [2.24, 2.45) is 0 Å². The van der Waals surface area contributed by atoms with Crippen molar-refractivity contribution in [3.05, 3.63) is 82.3 Å². The Hall–Kier alpha value is -3.34. The second-order valence-corrected chi connectivity index (χ2v) is 9.51. The molecule has 0 unspecified atom stereocenters. The fourth-order valence-electron chi connectivity index (χ4n) is 2.86. The third kappa shape index (κ3) is 5.05. The normalized spacial score (nSPS) is 11.4. The highest BCUT2D eigenvalue weighted by Gasteiger charge is 2.15. The van der Waals surface area contributed by atoms with E-state index < -0.39 is 10.0 Å². The van der Waals surface area contributed by atoms with Crippen LogP contribution < -0.4 is 10.0 Å². The zero-order valence-electron chi connectivity index (χ0n) is 16.5. The minimum Gasteiger partial charge on any atom is -0.322 e. The molecular formula is C21H19N5O3S2. The molecule has 0 aliphatic carbocycles. The first-order valence-electron chi connectivity index (χ1n) is 9.34. The highest BCUT2D eigenvalue weighted by atomic mass is 32.2. The van der Waals surface area contributed by atoms with E-state index in [1.807, 2.05) is 30.5 Å². The van der Waals surface area contributed by atoms with Crippen LogP contribution in [0.25, 0.3) is 11.4 Å². The SMILES string of the molecule is Cc1nc(-c2cccc(NC(=O)c3ccc(S(=O)(=O)NCc4cccs4)cc3)c2)n[nH]1. The molecule has 158 valence electrons. The molecule has 8 nitrogen and oxygen atoms in total. The molecule has 4 rings (SSSR count). The average molecular weight is 454 g/mol. The van der Waals surface area contributed by atoms with Gasteiger partial charge in [-0.15, -0.1) is 11.3 Å². The lowest BCUT2D eigenvalue weighted by Crippen LogP contribution is -2.23. The number of aromatic nitrogens is 3. The lowest BCUT2D eigenvalue weighted by atomic mass is 10.1. The number of aryl methyl sites for hydroxylation is 1. The summed E-state index contributed by atoms with van der Waals surface area (Å²) >= 11 is 1.48. The van der Waals surface area contributed by atoms with Crippen LogP contribution in [0, 0.1) is 6.92 Å².